The van der Waals surface area contributed by atoms with Crippen LogP contribution in [0.25, 0.3) is 11.4 Å². The maximum Gasteiger partial charge on any atom is 0.192 e. The van der Waals surface area contributed by atoms with E-state index < -0.39 is 0 Å². The molecule has 30 heavy (non-hydrogen) atoms. The summed E-state index contributed by atoms with van der Waals surface area (Å²) in [6.45, 7) is 0.455. The van der Waals surface area contributed by atoms with Gasteiger partial charge in [-0.2, -0.15) is 0 Å². The SMILES string of the molecule is COc1ccc(C(=O)CSc2nnc(-c3ccc(Cl)cc3)n2Cc2ccco2)cc1. The minimum atomic E-state index is 0.00300. The molecule has 0 aliphatic rings. The number of thioether (sulfide) groups is 1. The third-order valence-corrected chi connectivity index (χ3v) is 5.68. The van der Waals surface area contributed by atoms with E-state index in [0.717, 1.165) is 11.3 Å². The molecule has 0 unspecified atom stereocenters. The number of halogens is 1. The van der Waals surface area contributed by atoms with Gasteiger partial charge in [0.05, 0.1) is 25.7 Å². The normalized spacial score (nSPS) is 10.9. The van der Waals surface area contributed by atoms with Gasteiger partial charge in [0.15, 0.2) is 16.8 Å². The predicted molar refractivity (Wildman–Crippen MR) is 116 cm³/mol. The first-order valence-corrected chi connectivity index (χ1v) is 10.5. The molecule has 152 valence electrons. The number of ketones is 1. The minimum Gasteiger partial charge on any atom is -0.497 e. The number of ether oxygens (including phenoxy) is 1. The highest BCUT2D eigenvalue weighted by Gasteiger charge is 2.17. The third-order valence-electron chi connectivity index (χ3n) is 4.46. The predicted octanol–water partition coefficient (Wildman–Crippen LogP) is 5.22. The van der Waals surface area contributed by atoms with Crippen LogP contribution in [0.3, 0.4) is 0 Å². The number of rotatable bonds is 8. The van der Waals surface area contributed by atoms with Gasteiger partial charge in [0, 0.05) is 16.1 Å². The van der Waals surface area contributed by atoms with Crippen molar-refractivity contribution in [3.63, 3.8) is 0 Å². The van der Waals surface area contributed by atoms with Crippen LogP contribution in [0, 0.1) is 0 Å². The summed E-state index contributed by atoms with van der Waals surface area (Å²) in [4.78, 5) is 12.6. The largest absolute Gasteiger partial charge is 0.497 e. The summed E-state index contributed by atoms with van der Waals surface area (Å²) in [5, 5.41) is 9.95. The van der Waals surface area contributed by atoms with Crippen LogP contribution in [-0.4, -0.2) is 33.4 Å². The summed E-state index contributed by atoms with van der Waals surface area (Å²) in [6.07, 6.45) is 1.63. The standard InChI is InChI=1S/C22H18ClN3O3S/c1-28-18-10-6-15(7-11-18)20(27)14-30-22-25-24-21(16-4-8-17(23)9-5-16)26(22)13-19-3-2-12-29-19/h2-12H,13-14H2,1H3. The summed E-state index contributed by atoms with van der Waals surface area (Å²) < 4.78 is 12.6. The van der Waals surface area contributed by atoms with Gasteiger partial charge in [-0.1, -0.05) is 23.4 Å². The van der Waals surface area contributed by atoms with Crippen molar-refractivity contribution in [3.05, 3.63) is 83.3 Å². The van der Waals surface area contributed by atoms with Crippen molar-refractivity contribution in [2.75, 3.05) is 12.9 Å². The number of hydrogen-bond donors (Lipinski definition) is 0. The second-order valence-corrected chi connectivity index (χ2v) is 7.80. The van der Waals surface area contributed by atoms with Gasteiger partial charge < -0.3 is 9.15 Å². The van der Waals surface area contributed by atoms with Crippen molar-refractivity contribution in [2.45, 2.75) is 11.7 Å². The Morgan fingerprint density at radius 2 is 1.87 bits per heavy atom. The first-order valence-electron chi connectivity index (χ1n) is 9.15. The summed E-state index contributed by atoms with van der Waals surface area (Å²) in [5.74, 6) is 2.41. The molecule has 0 bridgehead atoms. The fourth-order valence-electron chi connectivity index (χ4n) is 2.90. The van der Waals surface area contributed by atoms with Crippen LogP contribution in [0.4, 0.5) is 0 Å². The van der Waals surface area contributed by atoms with Gasteiger partial charge in [0.25, 0.3) is 0 Å². The molecule has 8 heteroatoms. The number of methoxy groups -OCH3 is 1. The average molecular weight is 440 g/mol. The molecule has 2 aromatic heterocycles. The van der Waals surface area contributed by atoms with Crippen LogP contribution in [-0.2, 0) is 6.54 Å². The number of benzene rings is 2. The molecule has 0 aliphatic heterocycles. The Morgan fingerprint density at radius 1 is 1.10 bits per heavy atom. The number of furan rings is 1. The van der Waals surface area contributed by atoms with E-state index in [1.165, 1.54) is 11.8 Å². The van der Waals surface area contributed by atoms with Gasteiger partial charge in [-0.3, -0.25) is 9.36 Å². The highest BCUT2D eigenvalue weighted by Crippen LogP contribution is 2.27. The van der Waals surface area contributed by atoms with E-state index in [1.807, 2.05) is 41.0 Å². The minimum absolute atomic E-state index is 0.00300. The van der Waals surface area contributed by atoms with E-state index in [9.17, 15) is 4.79 Å². The lowest BCUT2D eigenvalue weighted by Gasteiger charge is -2.09. The topological polar surface area (TPSA) is 70.2 Å². The van der Waals surface area contributed by atoms with E-state index in [4.69, 9.17) is 20.8 Å². The van der Waals surface area contributed by atoms with Crippen LogP contribution >= 0.6 is 23.4 Å². The zero-order valence-electron chi connectivity index (χ0n) is 16.1. The molecule has 0 atom stereocenters. The van der Waals surface area contributed by atoms with E-state index in [1.54, 1.807) is 37.6 Å². The number of aromatic nitrogens is 3. The number of nitrogens with zero attached hydrogens (tertiary/aromatic N) is 3. The van der Waals surface area contributed by atoms with Gasteiger partial charge >= 0.3 is 0 Å². The monoisotopic (exact) mass is 439 g/mol. The zero-order valence-corrected chi connectivity index (χ0v) is 17.7. The number of hydrogen-bond acceptors (Lipinski definition) is 6. The fourth-order valence-corrected chi connectivity index (χ4v) is 3.86. The molecule has 4 rings (SSSR count). The Hall–Kier alpha value is -3.03. The second kappa shape index (κ2) is 9.19. The number of carbonyl (C=O) groups excluding carboxylic acids is 1. The van der Waals surface area contributed by atoms with Gasteiger partial charge in [-0.15, -0.1) is 10.2 Å². The van der Waals surface area contributed by atoms with Crippen LogP contribution in [0.5, 0.6) is 5.75 Å². The fraction of sp³-hybridized carbons (Fsp3) is 0.136. The van der Waals surface area contributed by atoms with Crippen LogP contribution < -0.4 is 4.74 Å². The van der Waals surface area contributed by atoms with E-state index >= 15 is 0 Å². The Kier molecular flexibility index (Phi) is 6.21. The number of Topliss-reactive ketones (excluding diaryl/α,β-unsaturated/α-hetero) is 1. The highest BCUT2D eigenvalue weighted by molar-refractivity contribution is 7.99. The summed E-state index contributed by atoms with van der Waals surface area (Å²) >= 11 is 7.36. The zero-order chi connectivity index (χ0) is 20.9. The second-order valence-electron chi connectivity index (χ2n) is 6.42. The summed E-state index contributed by atoms with van der Waals surface area (Å²) in [7, 11) is 1.59. The first-order chi connectivity index (χ1) is 14.6. The van der Waals surface area contributed by atoms with Crippen molar-refractivity contribution in [1.82, 2.24) is 14.8 Å². The number of carbonyl (C=O) groups is 1. The molecule has 0 N–H and O–H groups in total. The van der Waals surface area contributed by atoms with E-state index in [0.29, 0.717) is 33.9 Å². The summed E-state index contributed by atoms with van der Waals surface area (Å²) in [5.41, 5.74) is 1.50. The quantitative estimate of drug-likeness (QED) is 0.277. The van der Waals surface area contributed by atoms with Gasteiger partial charge in [-0.05, 0) is 60.7 Å². The van der Waals surface area contributed by atoms with Crippen molar-refractivity contribution >= 4 is 29.1 Å². The summed E-state index contributed by atoms with van der Waals surface area (Å²) in [6, 6.07) is 18.2. The Bertz CT molecular complexity index is 1120. The van der Waals surface area contributed by atoms with E-state index in [-0.39, 0.29) is 11.5 Å². The Balaban J connectivity index is 1.57. The van der Waals surface area contributed by atoms with Gasteiger partial charge in [0.1, 0.15) is 11.5 Å². The molecule has 0 spiro atoms. The van der Waals surface area contributed by atoms with Crippen molar-refractivity contribution < 1.29 is 13.9 Å². The highest BCUT2D eigenvalue weighted by atomic mass is 35.5. The maximum absolute atomic E-state index is 12.6. The van der Waals surface area contributed by atoms with Crippen molar-refractivity contribution in [2.24, 2.45) is 0 Å². The van der Waals surface area contributed by atoms with Gasteiger partial charge in [-0.25, -0.2) is 0 Å². The molecule has 0 amide bonds. The molecule has 2 aromatic carbocycles. The Labute approximate surface area is 182 Å². The molecule has 0 saturated carbocycles. The average Bonchev–Trinajstić information content (AvgIpc) is 3.43. The molecule has 0 aliphatic carbocycles. The Morgan fingerprint density at radius 3 is 2.53 bits per heavy atom. The molecular formula is C22H18ClN3O3S. The molecule has 0 saturated heterocycles. The van der Waals surface area contributed by atoms with E-state index in [2.05, 4.69) is 10.2 Å². The van der Waals surface area contributed by atoms with Crippen LogP contribution in [0.15, 0.2) is 76.5 Å². The maximum atomic E-state index is 12.6. The third kappa shape index (κ3) is 4.58. The molecule has 0 radical (unpaired) electrons. The molecule has 6 nitrogen and oxygen atoms in total. The van der Waals surface area contributed by atoms with Crippen molar-refractivity contribution in [1.29, 1.82) is 0 Å². The van der Waals surface area contributed by atoms with Gasteiger partial charge in [0.2, 0.25) is 0 Å². The first kappa shape index (κ1) is 20.3. The lowest BCUT2D eigenvalue weighted by Crippen LogP contribution is -2.06. The molecule has 4 aromatic rings. The molecule has 0 fully saturated rings. The molecular weight excluding hydrogens is 422 g/mol. The van der Waals surface area contributed by atoms with Crippen molar-refractivity contribution in [3.8, 4) is 17.1 Å². The molecule has 2 heterocycles. The lowest BCUT2D eigenvalue weighted by molar-refractivity contribution is 0.102. The smallest absolute Gasteiger partial charge is 0.192 e. The van der Waals surface area contributed by atoms with Crippen LogP contribution in [0.1, 0.15) is 16.1 Å². The lowest BCUT2D eigenvalue weighted by atomic mass is 10.1. The van der Waals surface area contributed by atoms with Crippen LogP contribution in [0.2, 0.25) is 5.02 Å².